The molecule has 2 unspecified atom stereocenters. The standard InChI is InChI=1S/C14H27N3O2/c1-12(14(18)17-7-9-19-10-8-17)15-11-13-5-3-4-6-16(13)2/h12-13,15H,3-11H2,1-2H3. The first-order valence-corrected chi connectivity index (χ1v) is 7.48. The van der Waals surface area contributed by atoms with Crippen molar-refractivity contribution in [1.82, 2.24) is 15.1 Å². The van der Waals surface area contributed by atoms with Crippen molar-refractivity contribution in [1.29, 1.82) is 0 Å². The number of likely N-dealkylation sites (N-methyl/N-ethyl adjacent to an activating group) is 1. The molecule has 2 heterocycles. The minimum Gasteiger partial charge on any atom is -0.378 e. The van der Waals surface area contributed by atoms with Crippen LogP contribution < -0.4 is 5.32 Å². The predicted molar refractivity (Wildman–Crippen MR) is 75.1 cm³/mol. The maximum atomic E-state index is 12.2. The van der Waals surface area contributed by atoms with Crippen molar-refractivity contribution < 1.29 is 9.53 Å². The molecule has 0 aliphatic carbocycles. The Balaban J connectivity index is 1.73. The Morgan fingerprint density at radius 3 is 2.74 bits per heavy atom. The minimum absolute atomic E-state index is 0.0894. The summed E-state index contributed by atoms with van der Waals surface area (Å²) in [4.78, 5) is 16.6. The monoisotopic (exact) mass is 269 g/mol. The van der Waals surface area contributed by atoms with Crippen molar-refractivity contribution in [3.8, 4) is 0 Å². The average Bonchev–Trinajstić information content (AvgIpc) is 2.46. The normalized spacial score (nSPS) is 27.3. The lowest BCUT2D eigenvalue weighted by Gasteiger charge is -2.34. The molecule has 0 aromatic rings. The van der Waals surface area contributed by atoms with E-state index in [1.54, 1.807) is 0 Å². The molecule has 2 aliphatic rings. The maximum Gasteiger partial charge on any atom is 0.239 e. The minimum atomic E-state index is -0.0894. The highest BCUT2D eigenvalue weighted by Gasteiger charge is 2.24. The number of amides is 1. The summed E-state index contributed by atoms with van der Waals surface area (Å²) in [5, 5.41) is 3.41. The Kier molecular flexibility index (Phi) is 5.60. The Morgan fingerprint density at radius 2 is 2.05 bits per heavy atom. The third-order valence-electron chi connectivity index (χ3n) is 4.27. The zero-order chi connectivity index (χ0) is 13.7. The van der Waals surface area contributed by atoms with Crippen LogP contribution in [0.15, 0.2) is 0 Å². The Bertz CT molecular complexity index is 292. The molecule has 5 nitrogen and oxygen atoms in total. The fourth-order valence-electron chi connectivity index (χ4n) is 2.86. The molecule has 0 saturated carbocycles. The van der Waals surface area contributed by atoms with E-state index in [1.807, 2.05) is 11.8 Å². The summed E-state index contributed by atoms with van der Waals surface area (Å²) in [6.07, 6.45) is 3.85. The second-order valence-electron chi connectivity index (χ2n) is 5.70. The van der Waals surface area contributed by atoms with E-state index in [-0.39, 0.29) is 11.9 Å². The number of hydrogen-bond donors (Lipinski definition) is 1. The fourth-order valence-corrected chi connectivity index (χ4v) is 2.86. The van der Waals surface area contributed by atoms with Gasteiger partial charge in [0.15, 0.2) is 0 Å². The van der Waals surface area contributed by atoms with E-state index in [0.717, 1.165) is 19.6 Å². The van der Waals surface area contributed by atoms with Crippen LogP contribution in [0.2, 0.25) is 0 Å². The average molecular weight is 269 g/mol. The molecule has 2 fully saturated rings. The predicted octanol–water partition coefficient (Wildman–Crippen LogP) is 0.308. The number of ether oxygens (including phenoxy) is 1. The Morgan fingerprint density at radius 1 is 1.32 bits per heavy atom. The van der Waals surface area contributed by atoms with Crippen LogP contribution in [0.5, 0.6) is 0 Å². The van der Waals surface area contributed by atoms with Crippen molar-refractivity contribution in [3.05, 3.63) is 0 Å². The largest absolute Gasteiger partial charge is 0.378 e. The van der Waals surface area contributed by atoms with Gasteiger partial charge in [0.25, 0.3) is 0 Å². The molecule has 19 heavy (non-hydrogen) atoms. The second-order valence-corrected chi connectivity index (χ2v) is 5.70. The summed E-state index contributed by atoms with van der Waals surface area (Å²) >= 11 is 0. The molecule has 1 N–H and O–H groups in total. The van der Waals surface area contributed by atoms with Gasteiger partial charge in [-0.25, -0.2) is 0 Å². The molecule has 0 radical (unpaired) electrons. The van der Waals surface area contributed by atoms with E-state index in [0.29, 0.717) is 19.3 Å². The number of likely N-dealkylation sites (tertiary alicyclic amines) is 1. The number of hydrogen-bond acceptors (Lipinski definition) is 4. The highest BCUT2D eigenvalue weighted by Crippen LogP contribution is 2.14. The highest BCUT2D eigenvalue weighted by atomic mass is 16.5. The molecule has 0 aromatic carbocycles. The van der Waals surface area contributed by atoms with Crippen molar-refractivity contribution in [2.45, 2.75) is 38.3 Å². The third-order valence-corrected chi connectivity index (χ3v) is 4.27. The van der Waals surface area contributed by atoms with Crippen LogP contribution >= 0.6 is 0 Å². The molecule has 2 atom stereocenters. The molecular weight excluding hydrogens is 242 g/mol. The number of nitrogens with zero attached hydrogens (tertiary/aromatic N) is 2. The zero-order valence-electron chi connectivity index (χ0n) is 12.2. The molecule has 1 amide bonds. The van der Waals surface area contributed by atoms with Gasteiger partial charge >= 0.3 is 0 Å². The van der Waals surface area contributed by atoms with Gasteiger partial charge in [0.05, 0.1) is 19.3 Å². The van der Waals surface area contributed by atoms with Gasteiger partial charge in [0, 0.05) is 25.7 Å². The van der Waals surface area contributed by atoms with Crippen LogP contribution in [-0.2, 0) is 9.53 Å². The number of piperidine rings is 1. The highest BCUT2D eigenvalue weighted by molar-refractivity contribution is 5.81. The third kappa shape index (κ3) is 4.16. The summed E-state index contributed by atoms with van der Waals surface area (Å²) < 4.78 is 5.28. The van der Waals surface area contributed by atoms with E-state index < -0.39 is 0 Å². The van der Waals surface area contributed by atoms with Gasteiger partial charge in [-0.1, -0.05) is 6.42 Å². The number of carbonyl (C=O) groups is 1. The SMILES string of the molecule is CC(NCC1CCCCN1C)C(=O)N1CCOCC1. The molecule has 0 bridgehead atoms. The zero-order valence-corrected chi connectivity index (χ0v) is 12.2. The fraction of sp³-hybridized carbons (Fsp3) is 0.929. The van der Waals surface area contributed by atoms with Crippen LogP contribution in [0.3, 0.4) is 0 Å². The van der Waals surface area contributed by atoms with Crippen molar-refractivity contribution in [2.24, 2.45) is 0 Å². The summed E-state index contributed by atoms with van der Waals surface area (Å²) in [6.45, 7) is 6.86. The van der Waals surface area contributed by atoms with Gasteiger partial charge in [-0.15, -0.1) is 0 Å². The van der Waals surface area contributed by atoms with Gasteiger partial charge in [0.1, 0.15) is 0 Å². The van der Waals surface area contributed by atoms with Gasteiger partial charge in [-0.05, 0) is 33.4 Å². The molecule has 2 aliphatic heterocycles. The molecule has 2 saturated heterocycles. The van der Waals surface area contributed by atoms with E-state index >= 15 is 0 Å². The van der Waals surface area contributed by atoms with Crippen molar-refractivity contribution in [2.75, 3.05) is 46.4 Å². The van der Waals surface area contributed by atoms with Gasteiger partial charge in [-0.3, -0.25) is 4.79 Å². The number of morpholine rings is 1. The van der Waals surface area contributed by atoms with E-state index in [9.17, 15) is 4.79 Å². The van der Waals surface area contributed by atoms with Crippen LogP contribution in [0.25, 0.3) is 0 Å². The summed E-state index contributed by atoms with van der Waals surface area (Å²) in [5.74, 6) is 0.210. The van der Waals surface area contributed by atoms with Gasteiger partial charge < -0.3 is 19.9 Å². The Labute approximate surface area is 116 Å². The topological polar surface area (TPSA) is 44.8 Å². The van der Waals surface area contributed by atoms with Crippen LogP contribution in [0, 0.1) is 0 Å². The van der Waals surface area contributed by atoms with Crippen LogP contribution in [0.1, 0.15) is 26.2 Å². The molecule has 0 aromatic heterocycles. The first kappa shape index (κ1) is 14.8. The lowest BCUT2D eigenvalue weighted by atomic mass is 10.0. The van der Waals surface area contributed by atoms with E-state index in [2.05, 4.69) is 17.3 Å². The van der Waals surface area contributed by atoms with Gasteiger partial charge in [0.2, 0.25) is 5.91 Å². The molecule has 0 spiro atoms. The van der Waals surface area contributed by atoms with Crippen molar-refractivity contribution in [3.63, 3.8) is 0 Å². The number of nitrogens with one attached hydrogen (secondary N) is 1. The Hall–Kier alpha value is -0.650. The number of carbonyl (C=O) groups excluding carboxylic acids is 1. The lowest BCUT2D eigenvalue weighted by Crippen LogP contribution is -2.52. The van der Waals surface area contributed by atoms with Gasteiger partial charge in [-0.2, -0.15) is 0 Å². The summed E-state index contributed by atoms with van der Waals surface area (Å²) in [5.41, 5.74) is 0. The maximum absolute atomic E-state index is 12.2. The lowest BCUT2D eigenvalue weighted by molar-refractivity contribution is -0.137. The van der Waals surface area contributed by atoms with E-state index in [4.69, 9.17) is 4.74 Å². The molecule has 2 rings (SSSR count). The second kappa shape index (κ2) is 7.22. The quantitative estimate of drug-likeness (QED) is 0.798. The smallest absolute Gasteiger partial charge is 0.239 e. The van der Waals surface area contributed by atoms with Crippen LogP contribution in [-0.4, -0.2) is 74.2 Å². The summed E-state index contributed by atoms with van der Waals surface area (Å²) in [6, 6.07) is 0.488. The summed E-state index contributed by atoms with van der Waals surface area (Å²) in [7, 11) is 2.18. The first-order valence-electron chi connectivity index (χ1n) is 7.48. The van der Waals surface area contributed by atoms with Crippen LogP contribution in [0.4, 0.5) is 0 Å². The van der Waals surface area contributed by atoms with E-state index in [1.165, 1.54) is 25.8 Å². The molecular formula is C14H27N3O2. The van der Waals surface area contributed by atoms with Crippen molar-refractivity contribution >= 4 is 5.91 Å². The molecule has 5 heteroatoms. The number of rotatable bonds is 4. The first-order chi connectivity index (χ1) is 9.18. The molecule has 110 valence electrons.